The lowest BCUT2D eigenvalue weighted by Gasteiger charge is -2.30. The van der Waals surface area contributed by atoms with E-state index < -0.39 is 0 Å². The molecule has 0 N–H and O–H groups in total. The molecular weight excluding hydrogens is 923 g/mol. The molecule has 0 unspecified atom stereocenters. The van der Waals surface area contributed by atoms with Gasteiger partial charge in [0.25, 0.3) is 0 Å². The Kier molecular flexibility index (Phi) is 11.2. The van der Waals surface area contributed by atoms with E-state index in [1.807, 2.05) is 0 Å². The second-order valence-corrected chi connectivity index (χ2v) is 19.3. The van der Waals surface area contributed by atoms with E-state index in [4.69, 9.17) is 4.74 Å². The van der Waals surface area contributed by atoms with Crippen LogP contribution >= 0.6 is 0 Å². The van der Waals surface area contributed by atoms with Crippen LogP contribution in [0.5, 0.6) is 11.5 Å². The fourth-order valence-corrected chi connectivity index (χ4v) is 11.4. The number of fused-ring (bicyclic) bond motifs is 6. The van der Waals surface area contributed by atoms with E-state index in [9.17, 15) is 0 Å². The molecule has 12 aromatic carbocycles. The molecule has 4 heteroatoms. The maximum atomic E-state index is 7.28. The fourth-order valence-electron chi connectivity index (χ4n) is 11.4. The average molecular weight is 972 g/mol. The maximum absolute atomic E-state index is 7.28. The molecule has 0 saturated heterocycles. The van der Waals surface area contributed by atoms with E-state index in [0.29, 0.717) is 5.75 Å². The van der Waals surface area contributed by atoms with Gasteiger partial charge in [-0.2, -0.15) is 0 Å². The van der Waals surface area contributed by atoms with Crippen molar-refractivity contribution in [3.8, 4) is 67.4 Å². The third-order valence-electron chi connectivity index (χ3n) is 14.7. The van der Waals surface area contributed by atoms with Crippen LogP contribution in [0.4, 0.5) is 17.1 Å². The molecule has 0 radical (unpaired) electrons. The van der Waals surface area contributed by atoms with Crippen molar-refractivity contribution < 1.29 is 4.74 Å². The van der Waals surface area contributed by atoms with Gasteiger partial charge in [0.15, 0.2) is 0 Å². The van der Waals surface area contributed by atoms with Gasteiger partial charge in [-0.3, -0.25) is 0 Å². The summed E-state index contributed by atoms with van der Waals surface area (Å²) in [6, 6.07) is 107. The van der Waals surface area contributed by atoms with Crippen LogP contribution < -0.4 is 9.64 Å². The van der Waals surface area contributed by atoms with Crippen molar-refractivity contribution in [2.45, 2.75) is 0 Å². The highest BCUT2D eigenvalue weighted by molar-refractivity contribution is 6.11. The molecule has 76 heavy (non-hydrogen) atoms. The molecule has 2 heterocycles. The zero-order valence-corrected chi connectivity index (χ0v) is 41.5. The predicted molar refractivity (Wildman–Crippen MR) is 318 cm³/mol. The van der Waals surface area contributed by atoms with E-state index in [-0.39, 0.29) is 0 Å². The van der Waals surface area contributed by atoms with Gasteiger partial charge in [0.1, 0.15) is 11.5 Å². The number of hydrogen-bond donors (Lipinski definition) is 0. The molecule has 0 aliphatic heterocycles. The Labute approximate surface area is 441 Å². The first-order chi connectivity index (χ1) is 37.7. The first kappa shape index (κ1) is 44.5. The summed E-state index contributed by atoms with van der Waals surface area (Å²) < 4.78 is 12.1. The minimum Gasteiger partial charge on any atom is -0.457 e. The van der Waals surface area contributed by atoms with E-state index >= 15 is 0 Å². The van der Waals surface area contributed by atoms with Gasteiger partial charge in [-0.05, 0) is 94.5 Å². The number of nitrogens with zero attached hydrogens (tertiary/aromatic N) is 3. The number of aromatic nitrogens is 2. The molecule has 0 aliphatic carbocycles. The SMILES string of the molecule is c1ccc(-c2cc(Oc3ccc(-c4ccccc4)c(-n4c5ccccc5c5ccccc54)c3)cc(N(c3ccc(-c4ccccc4)c(-n4c5ccccc5c5ccccc54)c3)c3ccccc3-c3ccccc3)c2)cc1. The summed E-state index contributed by atoms with van der Waals surface area (Å²) in [5, 5.41) is 4.84. The topological polar surface area (TPSA) is 22.3 Å². The van der Waals surface area contributed by atoms with E-state index in [0.717, 1.165) is 101 Å². The summed E-state index contributed by atoms with van der Waals surface area (Å²) in [5.74, 6) is 1.44. The van der Waals surface area contributed by atoms with Crippen molar-refractivity contribution in [2.75, 3.05) is 4.90 Å². The summed E-state index contributed by atoms with van der Waals surface area (Å²) in [5.41, 5.74) is 18.5. The third-order valence-corrected chi connectivity index (χ3v) is 14.7. The Morgan fingerprint density at radius 2 is 0.658 bits per heavy atom. The maximum Gasteiger partial charge on any atom is 0.130 e. The van der Waals surface area contributed by atoms with Crippen LogP contribution in [0.1, 0.15) is 0 Å². The number of anilines is 3. The summed E-state index contributed by atoms with van der Waals surface area (Å²) in [6.45, 7) is 0. The largest absolute Gasteiger partial charge is 0.457 e. The molecule has 0 aliphatic rings. The van der Waals surface area contributed by atoms with Crippen molar-refractivity contribution in [1.82, 2.24) is 9.13 Å². The lowest BCUT2D eigenvalue weighted by molar-refractivity contribution is 0.483. The van der Waals surface area contributed by atoms with Crippen LogP contribution in [-0.4, -0.2) is 9.13 Å². The van der Waals surface area contributed by atoms with Crippen LogP contribution in [-0.2, 0) is 0 Å². The van der Waals surface area contributed by atoms with Crippen LogP contribution in [0.25, 0.3) is 99.5 Å². The number of para-hydroxylation sites is 5. The van der Waals surface area contributed by atoms with Crippen molar-refractivity contribution in [3.05, 3.63) is 297 Å². The highest BCUT2D eigenvalue weighted by atomic mass is 16.5. The zero-order chi connectivity index (χ0) is 50.4. The Balaban J connectivity index is 1.01. The van der Waals surface area contributed by atoms with E-state index in [2.05, 4.69) is 311 Å². The Bertz CT molecular complexity index is 4320. The fraction of sp³-hybridized carbons (Fsp3) is 0. The van der Waals surface area contributed by atoms with Crippen LogP contribution in [0.3, 0.4) is 0 Å². The first-order valence-electron chi connectivity index (χ1n) is 25.9. The molecule has 14 rings (SSSR count). The minimum absolute atomic E-state index is 0.711. The van der Waals surface area contributed by atoms with Crippen LogP contribution in [0.2, 0.25) is 0 Å². The predicted octanol–water partition coefficient (Wildman–Crippen LogP) is 19.8. The quantitative estimate of drug-likeness (QED) is 0.129. The highest BCUT2D eigenvalue weighted by Gasteiger charge is 2.24. The van der Waals surface area contributed by atoms with Crippen molar-refractivity contribution in [3.63, 3.8) is 0 Å². The summed E-state index contributed by atoms with van der Waals surface area (Å²) in [7, 11) is 0. The highest BCUT2D eigenvalue weighted by Crippen LogP contribution is 2.47. The summed E-state index contributed by atoms with van der Waals surface area (Å²) in [6.07, 6.45) is 0. The number of ether oxygens (including phenoxy) is 1. The van der Waals surface area contributed by atoms with Gasteiger partial charge >= 0.3 is 0 Å². The molecule has 0 atom stereocenters. The Hall–Kier alpha value is -10.2. The monoisotopic (exact) mass is 971 g/mol. The molecule has 4 nitrogen and oxygen atoms in total. The second-order valence-electron chi connectivity index (χ2n) is 19.3. The van der Waals surface area contributed by atoms with Crippen molar-refractivity contribution >= 4 is 60.7 Å². The smallest absolute Gasteiger partial charge is 0.130 e. The zero-order valence-electron chi connectivity index (χ0n) is 41.5. The molecular formula is C72H49N3O. The lowest BCUT2D eigenvalue weighted by Crippen LogP contribution is -2.12. The summed E-state index contributed by atoms with van der Waals surface area (Å²) in [4.78, 5) is 2.41. The van der Waals surface area contributed by atoms with E-state index in [1.54, 1.807) is 0 Å². The number of rotatable bonds is 11. The van der Waals surface area contributed by atoms with Crippen LogP contribution in [0.15, 0.2) is 297 Å². The van der Waals surface area contributed by atoms with Gasteiger partial charge in [0.05, 0.1) is 44.8 Å². The second kappa shape index (κ2) is 19.0. The molecule has 0 saturated carbocycles. The molecule has 0 amide bonds. The van der Waals surface area contributed by atoms with Crippen molar-refractivity contribution in [1.29, 1.82) is 0 Å². The summed E-state index contributed by atoms with van der Waals surface area (Å²) >= 11 is 0. The van der Waals surface area contributed by atoms with Crippen LogP contribution in [0, 0.1) is 0 Å². The molecule has 0 spiro atoms. The number of benzene rings is 12. The van der Waals surface area contributed by atoms with Gasteiger partial charge in [0, 0.05) is 56.1 Å². The molecule has 0 bridgehead atoms. The Morgan fingerprint density at radius 3 is 1.17 bits per heavy atom. The lowest BCUT2D eigenvalue weighted by atomic mass is 9.99. The first-order valence-corrected chi connectivity index (χ1v) is 25.9. The van der Waals surface area contributed by atoms with Crippen molar-refractivity contribution in [2.24, 2.45) is 0 Å². The number of hydrogen-bond acceptors (Lipinski definition) is 2. The average Bonchev–Trinajstić information content (AvgIpc) is 4.02. The molecule has 0 fully saturated rings. The van der Waals surface area contributed by atoms with Gasteiger partial charge < -0.3 is 18.8 Å². The van der Waals surface area contributed by atoms with Gasteiger partial charge in [0.2, 0.25) is 0 Å². The van der Waals surface area contributed by atoms with Gasteiger partial charge in [-0.15, -0.1) is 0 Å². The molecule has 14 aromatic rings. The molecule has 358 valence electrons. The minimum atomic E-state index is 0.711. The Morgan fingerprint density at radius 1 is 0.250 bits per heavy atom. The standard InChI is InChI=1S/C72H49N3O/c1-5-23-50(24-6-1)54-45-56(47-58(46-54)76-57-42-44-61(53-29-11-4-12-30-53)72(49-57)75-69-39-21-16-34-64(69)65-35-17-22-40-70(65)75)73(66-36-18-13-31-59(66)51-25-7-2-8-26-51)55-41-43-60(52-27-9-3-10-28-52)71(48-55)74-67-37-19-14-32-62(67)63-33-15-20-38-68(63)74/h1-49H. The molecule has 2 aromatic heterocycles. The van der Waals surface area contributed by atoms with Gasteiger partial charge in [-0.1, -0.05) is 218 Å². The third kappa shape index (κ3) is 7.88. The normalized spacial score (nSPS) is 11.4. The van der Waals surface area contributed by atoms with E-state index in [1.165, 1.54) is 21.5 Å². The van der Waals surface area contributed by atoms with Gasteiger partial charge in [-0.25, -0.2) is 0 Å².